The lowest BCUT2D eigenvalue weighted by Crippen LogP contribution is -2.47. The molecule has 0 spiro atoms. The number of rotatable bonds is 3. The average molecular weight is 238 g/mol. The first-order chi connectivity index (χ1) is 8.18. The molecule has 2 N–H and O–H groups in total. The van der Waals surface area contributed by atoms with Crippen LogP contribution in [-0.2, 0) is 4.79 Å². The largest absolute Gasteiger partial charge is 0.391 e. The third-order valence-corrected chi connectivity index (χ3v) is 3.27. The summed E-state index contributed by atoms with van der Waals surface area (Å²) in [6.45, 7) is 1.76. The smallest absolute Gasteiger partial charge is 0.244 e. The summed E-state index contributed by atoms with van der Waals surface area (Å²) in [6, 6.07) is -0.520. The number of nitrogens with one attached hydrogen (secondary N) is 1. The van der Waals surface area contributed by atoms with Gasteiger partial charge in [0.2, 0.25) is 5.91 Å². The van der Waals surface area contributed by atoms with Crippen LogP contribution in [0.15, 0.2) is 12.7 Å². The van der Waals surface area contributed by atoms with Crippen LogP contribution < -0.4 is 5.32 Å². The molecule has 1 saturated carbocycles. The van der Waals surface area contributed by atoms with Gasteiger partial charge in [-0.15, -0.1) is 0 Å². The molecule has 1 aromatic rings. The maximum absolute atomic E-state index is 11.9. The molecule has 0 radical (unpaired) electrons. The molecule has 2 rings (SSSR count). The van der Waals surface area contributed by atoms with Gasteiger partial charge in [-0.25, -0.2) is 9.67 Å². The molecule has 1 amide bonds. The van der Waals surface area contributed by atoms with Crippen LogP contribution >= 0.6 is 0 Å². The van der Waals surface area contributed by atoms with E-state index in [9.17, 15) is 9.90 Å². The molecule has 1 aliphatic carbocycles. The minimum Gasteiger partial charge on any atom is -0.391 e. The van der Waals surface area contributed by atoms with Gasteiger partial charge in [0.05, 0.1) is 12.1 Å². The van der Waals surface area contributed by atoms with E-state index in [2.05, 4.69) is 15.4 Å². The number of amides is 1. The summed E-state index contributed by atoms with van der Waals surface area (Å²) >= 11 is 0. The lowest BCUT2D eigenvalue weighted by atomic mass is 9.92. The standard InChI is InChI=1S/C11H18N4O2/c1-8(15-7-12-6-13-15)11(17)14-9-4-2-3-5-10(9)16/h6-10,16H,2-5H2,1H3,(H,14,17)/t8?,9-,10-/m1/s1. The fourth-order valence-corrected chi connectivity index (χ4v) is 2.12. The van der Waals surface area contributed by atoms with E-state index in [1.807, 2.05) is 0 Å². The molecule has 1 unspecified atom stereocenters. The van der Waals surface area contributed by atoms with Gasteiger partial charge in [-0.05, 0) is 19.8 Å². The molecule has 17 heavy (non-hydrogen) atoms. The fourth-order valence-electron chi connectivity index (χ4n) is 2.12. The Morgan fingerprint density at radius 1 is 1.53 bits per heavy atom. The number of aliphatic hydroxyl groups excluding tert-OH is 1. The normalized spacial score (nSPS) is 26.5. The molecule has 6 nitrogen and oxygen atoms in total. The first-order valence-corrected chi connectivity index (χ1v) is 6.01. The fraction of sp³-hybridized carbons (Fsp3) is 0.727. The molecular weight excluding hydrogens is 220 g/mol. The Hall–Kier alpha value is -1.43. The zero-order chi connectivity index (χ0) is 12.3. The topological polar surface area (TPSA) is 80.0 Å². The van der Waals surface area contributed by atoms with Gasteiger partial charge in [0.1, 0.15) is 18.7 Å². The number of aromatic nitrogens is 3. The third kappa shape index (κ3) is 2.82. The van der Waals surface area contributed by atoms with Crippen LogP contribution in [0.4, 0.5) is 0 Å². The van der Waals surface area contributed by atoms with Crippen molar-refractivity contribution in [3.8, 4) is 0 Å². The second kappa shape index (κ2) is 5.27. The Labute approximate surface area is 100 Å². The van der Waals surface area contributed by atoms with Crippen molar-refractivity contribution in [2.24, 2.45) is 0 Å². The van der Waals surface area contributed by atoms with Crippen LogP contribution in [0.25, 0.3) is 0 Å². The maximum Gasteiger partial charge on any atom is 0.244 e. The number of carbonyl (C=O) groups is 1. The van der Waals surface area contributed by atoms with E-state index in [0.717, 1.165) is 25.7 Å². The summed E-state index contributed by atoms with van der Waals surface area (Å²) in [7, 11) is 0. The summed E-state index contributed by atoms with van der Waals surface area (Å²) in [4.78, 5) is 15.8. The van der Waals surface area contributed by atoms with Crippen molar-refractivity contribution >= 4 is 5.91 Å². The summed E-state index contributed by atoms with van der Waals surface area (Å²) in [5, 5.41) is 16.6. The highest BCUT2D eigenvalue weighted by molar-refractivity contribution is 5.80. The first-order valence-electron chi connectivity index (χ1n) is 6.01. The second-order valence-corrected chi connectivity index (χ2v) is 4.52. The van der Waals surface area contributed by atoms with E-state index >= 15 is 0 Å². The van der Waals surface area contributed by atoms with Crippen molar-refractivity contribution < 1.29 is 9.90 Å². The maximum atomic E-state index is 11.9. The highest BCUT2D eigenvalue weighted by Gasteiger charge is 2.26. The Morgan fingerprint density at radius 2 is 2.29 bits per heavy atom. The minimum absolute atomic E-state index is 0.123. The summed E-state index contributed by atoms with van der Waals surface area (Å²) in [6.07, 6.45) is 6.20. The van der Waals surface area contributed by atoms with E-state index in [4.69, 9.17) is 0 Å². The second-order valence-electron chi connectivity index (χ2n) is 4.52. The van der Waals surface area contributed by atoms with Crippen molar-refractivity contribution in [1.29, 1.82) is 0 Å². The van der Waals surface area contributed by atoms with Crippen LogP contribution in [0, 0.1) is 0 Å². The minimum atomic E-state index is -0.421. The molecule has 94 valence electrons. The number of nitrogens with zero attached hydrogens (tertiary/aromatic N) is 3. The highest BCUT2D eigenvalue weighted by atomic mass is 16.3. The average Bonchev–Trinajstić information content (AvgIpc) is 2.84. The van der Waals surface area contributed by atoms with Crippen molar-refractivity contribution in [3.05, 3.63) is 12.7 Å². The van der Waals surface area contributed by atoms with Gasteiger partial charge in [-0.2, -0.15) is 5.10 Å². The molecular formula is C11H18N4O2. The third-order valence-electron chi connectivity index (χ3n) is 3.27. The highest BCUT2D eigenvalue weighted by Crippen LogP contribution is 2.19. The van der Waals surface area contributed by atoms with Crippen LogP contribution in [0.5, 0.6) is 0 Å². The predicted molar refractivity (Wildman–Crippen MR) is 61.1 cm³/mol. The summed E-state index contributed by atoms with van der Waals surface area (Å²) < 4.78 is 1.50. The monoisotopic (exact) mass is 238 g/mol. The molecule has 0 aliphatic heterocycles. The van der Waals surface area contributed by atoms with E-state index in [1.54, 1.807) is 6.92 Å². The van der Waals surface area contributed by atoms with E-state index in [-0.39, 0.29) is 11.9 Å². The van der Waals surface area contributed by atoms with Crippen LogP contribution in [0.3, 0.4) is 0 Å². The lowest BCUT2D eigenvalue weighted by molar-refractivity contribution is -0.126. The zero-order valence-electron chi connectivity index (χ0n) is 9.91. The molecule has 1 fully saturated rings. The zero-order valence-corrected chi connectivity index (χ0v) is 9.91. The number of hydrogen-bond acceptors (Lipinski definition) is 4. The number of aliphatic hydroxyl groups is 1. The SMILES string of the molecule is CC(C(=O)N[C@@H]1CCCC[C@H]1O)n1cncn1. The molecule has 1 heterocycles. The molecule has 0 bridgehead atoms. The van der Waals surface area contributed by atoms with Crippen molar-refractivity contribution in [2.75, 3.05) is 0 Å². The van der Waals surface area contributed by atoms with Crippen LogP contribution in [-0.4, -0.2) is 37.9 Å². The lowest BCUT2D eigenvalue weighted by Gasteiger charge is -2.29. The van der Waals surface area contributed by atoms with Crippen molar-refractivity contribution in [1.82, 2.24) is 20.1 Å². The van der Waals surface area contributed by atoms with Crippen LogP contribution in [0.1, 0.15) is 38.6 Å². The van der Waals surface area contributed by atoms with Gasteiger partial charge >= 0.3 is 0 Å². The summed E-state index contributed by atoms with van der Waals surface area (Å²) in [5.74, 6) is -0.124. The van der Waals surface area contributed by atoms with Gasteiger partial charge < -0.3 is 10.4 Å². The quantitative estimate of drug-likeness (QED) is 0.791. The Balaban J connectivity index is 1.92. The van der Waals surface area contributed by atoms with E-state index < -0.39 is 12.1 Å². The van der Waals surface area contributed by atoms with E-state index in [0.29, 0.717) is 0 Å². The van der Waals surface area contributed by atoms with Crippen molar-refractivity contribution in [3.63, 3.8) is 0 Å². The predicted octanol–water partition coefficient (Wildman–Crippen LogP) is 0.259. The molecule has 0 saturated heterocycles. The number of hydrogen-bond donors (Lipinski definition) is 2. The molecule has 1 aliphatic rings. The summed E-state index contributed by atoms with van der Waals surface area (Å²) in [5.41, 5.74) is 0. The molecule has 6 heteroatoms. The van der Waals surface area contributed by atoms with Crippen molar-refractivity contribution in [2.45, 2.75) is 50.8 Å². The van der Waals surface area contributed by atoms with Gasteiger partial charge in [0, 0.05) is 0 Å². The Morgan fingerprint density at radius 3 is 2.94 bits per heavy atom. The molecule has 0 aromatic carbocycles. The van der Waals surface area contributed by atoms with Gasteiger partial charge in [0.15, 0.2) is 0 Å². The van der Waals surface area contributed by atoms with Gasteiger partial charge in [0.25, 0.3) is 0 Å². The number of carbonyl (C=O) groups excluding carboxylic acids is 1. The Kier molecular flexibility index (Phi) is 3.73. The van der Waals surface area contributed by atoms with Gasteiger partial charge in [-0.3, -0.25) is 4.79 Å². The Bertz CT molecular complexity index is 366. The van der Waals surface area contributed by atoms with E-state index in [1.165, 1.54) is 17.3 Å². The molecule has 1 aromatic heterocycles. The molecule has 3 atom stereocenters. The van der Waals surface area contributed by atoms with Gasteiger partial charge in [-0.1, -0.05) is 12.8 Å². The first kappa shape index (κ1) is 12.0. The van der Waals surface area contributed by atoms with Crippen LogP contribution in [0.2, 0.25) is 0 Å².